The molecule has 1 aliphatic heterocycles. The molecule has 0 bridgehead atoms. The van der Waals surface area contributed by atoms with Crippen molar-refractivity contribution in [3.8, 4) is 0 Å². The molecule has 1 N–H and O–H groups in total. The van der Waals surface area contributed by atoms with Crippen molar-refractivity contribution in [1.29, 1.82) is 0 Å². The van der Waals surface area contributed by atoms with Gasteiger partial charge in [0.2, 0.25) is 5.91 Å². The number of nitrogens with zero attached hydrogens (tertiary/aromatic N) is 1. The summed E-state index contributed by atoms with van der Waals surface area (Å²) >= 11 is 0. The molecule has 1 aliphatic rings. The lowest BCUT2D eigenvalue weighted by atomic mass is 10.2. The highest BCUT2D eigenvalue weighted by Gasteiger charge is 2.30. The number of nitrogens with one attached hydrogen (secondary N) is 1. The van der Waals surface area contributed by atoms with Crippen LogP contribution in [0.2, 0.25) is 0 Å². The van der Waals surface area contributed by atoms with Crippen LogP contribution >= 0.6 is 0 Å². The first-order valence-corrected chi connectivity index (χ1v) is 6.59. The minimum Gasteiger partial charge on any atom is -0.382 e. The molecule has 2 rings (SSSR count). The summed E-state index contributed by atoms with van der Waals surface area (Å²) < 4.78 is 36.7. The first-order valence-electron chi connectivity index (χ1n) is 6.59. The summed E-state index contributed by atoms with van der Waals surface area (Å²) in [5.74, 6) is 0.0937. The molecule has 0 spiro atoms. The first-order chi connectivity index (χ1) is 9.35. The third kappa shape index (κ3) is 3.88. The van der Waals surface area contributed by atoms with Gasteiger partial charge in [0.15, 0.2) is 0 Å². The van der Waals surface area contributed by atoms with Crippen molar-refractivity contribution < 1.29 is 18.0 Å². The monoisotopic (exact) mass is 286 g/mol. The van der Waals surface area contributed by atoms with Gasteiger partial charge >= 0.3 is 6.18 Å². The summed E-state index contributed by atoms with van der Waals surface area (Å²) in [6, 6.07) is 6.23. The summed E-state index contributed by atoms with van der Waals surface area (Å²) in [5.41, 5.74) is 1.42. The van der Waals surface area contributed by atoms with Crippen LogP contribution in [0.3, 0.4) is 0 Å². The smallest absolute Gasteiger partial charge is 0.382 e. The Morgan fingerprint density at radius 1 is 1.30 bits per heavy atom. The van der Waals surface area contributed by atoms with Gasteiger partial charge in [0.05, 0.1) is 6.42 Å². The van der Waals surface area contributed by atoms with Gasteiger partial charge in [-0.25, -0.2) is 0 Å². The van der Waals surface area contributed by atoms with E-state index in [0.29, 0.717) is 18.7 Å². The molecule has 1 saturated heterocycles. The van der Waals surface area contributed by atoms with E-state index < -0.39 is 18.6 Å². The fraction of sp³-hybridized carbons (Fsp3) is 0.500. The maximum atomic E-state index is 12.2. The highest BCUT2D eigenvalue weighted by molar-refractivity contribution is 5.95. The van der Waals surface area contributed by atoms with Crippen LogP contribution < -0.4 is 10.2 Å². The van der Waals surface area contributed by atoms with Crippen molar-refractivity contribution >= 4 is 17.3 Å². The lowest BCUT2D eigenvalue weighted by Crippen LogP contribution is -2.24. The van der Waals surface area contributed by atoms with Crippen molar-refractivity contribution in [2.75, 3.05) is 16.8 Å². The molecular weight excluding hydrogens is 269 g/mol. The Labute approximate surface area is 115 Å². The van der Waals surface area contributed by atoms with Crippen molar-refractivity contribution in [3.05, 3.63) is 24.3 Å². The Hall–Kier alpha value is -1.72. The predicted octanol–water partition coefficient (Wildman–Crippen LogP) is 3.57. The number of benzene rings is 1. The number of carbonyl (C=O) groups is 1. The number of halogens is 3. The van der Waals surface area contributed by atoms with Crippen LogP contribution in [0.15, 0.2) is 24.3 Å². The van der Waals surface area contributed by atoms with Gasteiger partial charge in [-0.3, -0.25) is 4.79 Å². The van der Waals surface area contributed by atoms with Crippen LogP contribution in [0.25, 0.3) is 0 Å². The number of anilines is 2. The molecule has 1 aromatic rings. The topological polar surface area (TPSA) is 32.3 Å². The molecule has 1 atom stereocenters. The first kappa shape index (κ1) is 14.7. The largest absolute Gasteiger partial charge is 0.391 e. The highest BCUT2D eigenvalue weighted by Crippen LogP contribution is 2.25. The molecule has 1 amide bonds. The Balaban J connectivity index is 1.96. The Morgan fingerprint density at radius 3 is 2.45 bits per heavy atom. The van der Waals surface area contributed by atoms with Gasteiger partial charge in [0.25, 0.3) is 0 Å². The van der Waals surface area contributed by atoms with Crippen LogP contribution in [0.5, 0.6) is 0 Å². The van der Waals surface area contributed by atoms with Crippen LogP contribution in [-0.2, 0) is 4.79 Å². The van der Waals surface area contributed by atoms with E-state index in [-0.39, 0.29) is 5.91 Å². The van der Waals surface area contributed by atoms with Gasteiger partial charge in [-0.2, -0.15) is 13.2 Å². The van der Waals surface area contributed by atoms with E-state index in [1.54, 1.807) is 29.2 Å². The van der Waals surface area contributed by atoms with Gasteiger partial charge in [0.1, 0.15) is 0 Å². The number of amides is 1. The maximum absolute atomic E-state index is 12.2. The van der Waals surface area contributed by atoms with Crippen LogP contribution in [0.1, 0.15) is 26.2 Å². The quantitative estimate of drug-likeness (QED) is 0.917. The fourth-order valence-electron chi connectivity index (χ4n) is 2.34. The summed E-state index contributed by atoms with van der Waals surface area (Å²) in [6.45, 7) is 2.20. The second-order valence-corrected chi connectivity index (χ2v) is 5.06. The molecule has 1 heterocycles. The Bertz CT molecular complexity index is 470. The minimum absolute atomic E-state index is 0.0937. The van der Waals surface area contributed by atoms with Crippen molar-refractivity contribution in [3.63, 3.8) is 0 Å². The number of alkyl halides is 3. The fourth-order valence-corrected chi connectivity index (χ4v) is 2.34. The van der Waals surface area contributed by atoms with E-state index in [9.17, 15) is 18.0 Å². The van der Waals surface area contributed by atoms with Crippen molar-refractivity contribution in [1.82, 2.24) is 0 Å². The van der Waals surface area contributed by atoms with Crippen LogP contribution in [0.4, 0.5) is 24.5 Å². The second kappa shape index (κ2) is 5.73. The number of carbonyl (C=O) groups excluding carboxylic acids is 1. The Morgan fingerprint density at radius 2 is 1.95 bits per heavy atom. The third-order valence-corrected chi connectivity index (χ3v) is 3.20. The molecular formula is C14H17F3N2O. The molecule has 3 nitrogen and oxygen atoms in total. The molecule has 1 fully saturated rings. The van der Waals surface area contributed by atoms with E-state index in [4.69, 9.17) is 0 Å². The van der Waals surface area contributed by atoms with E-state index >= 15 is 0 Å². The number of rotatable bonds is 4. The van der Waals surface area contributed by atoms with E-state index in [0.717, 1.165) is 12.1 Å². The zero-order valence-electron chi connectivity index (χ0n) is 11.2. The molecule has 6 heteroatoms. The molecule has 1 aromatic carbocycles. The van der Waals surface area contributed by atoms with Crippen molar-refractivity contribution in [2.45, 2.75) is 38.4 Å². The molecule has 0 radical (unpaired) electrons. The molecule has 0 aromatic heterocycles. The lowest BCUT2D eigenvalue weighted by molar-refractivity contribution is -0.136. The summed E-state index contributed by atoms with van der Waals surface area (Å²) in [7, 11) is 0. The standard InChI is InChI=1S/C14H17F3N2O/c1-10(9-14(15,16)17)18-11-4-6-12(7-5-11)19-8-2-3-13(19)20/h4-7,10,18H,2-3,8-9H2,1H3/t10-/m0/s1. The average Bonchev–Trinajstić information content (AvgIpc) is 2.74. The number of hydrogen-bond donors (Lipinski definition) is 1. The van der Waals surface area contributed by atoms with Gasteiger partial charge in [-0.05, 0) is 37.6 Å². The van der Waals surface area contributed by atoms with E-state index in [1.165, 1.54) is 6.92 Å². The average molecular weight is 286 g/mol. The number of hydrogen-bond acceptors (Lipinski definition) is 2. The Kier molecular flexibility index (Phi) is 4.20. The van der Waals surface area contributed by atoms with Crippen molar-refractivity contribution in [2.24, 2.45) is 0 Å². The van der Waals surface area contributed by atoms with Crippen LogP contribution in [0, 0.1) is 0 Å². The molecule has 0 unspecified atom stereocenters. The molecule has 0 saturated carbocycles. The third-order valence-electron chi connectivity index (χ3n) is 3.20. The van der Waals surface area contributed by atoms with E-state index in [1.807, 2.05) is 0 Å². The van der Waals surface area contributed by atoms with Gasteiger partial charge in [-0.1, -0.05) is 0 Å². The molecule has 110 valence electrons. The highest BCUT2D eigenvalue weighted by atomic mass is 19.4. The summed E-state index contributed by atoms with van der Waals surface area (Å²) in [4.78, 5) is 13.3. The zero-order chi connectivity index (χ0) is 14.8. The van der Waals surface area contributed by atoms with Gasteiger partial charge < -0.3 is 10.2 Å². The molecule has 20 heavy (non-hydrogen) atoms. The normalized spacial score (nSPS) is 17.4. The summed E-state index contributed by atoms with van der Waals surface area (Å²) in [6.07, 6.45) is -3.64. The van der Waals surface area contributed by atoms with Gasteiger partial charge in [-0.15, -0.1) is 0 Å². The van der Waals surface area contributed by atoms with Gasteiger partial charge in [0, 0.05) is 30.4 Å². The lowest BCUT2D eigenvalue weighted by Gasteiger charge is -2.19. The second-order valence-electron chi connectivity index (χ2n) is 5.06. The maximum Gasteiger partial charge on any atom is 0.391 e. The SMILES string of the molecule is C[C@@H](CC(F)(F)F)Nc1ccc(N2CCCC2=O)cc1. The summed E-state index contributed by atoms with van der Waals surface area (Å²) in [5, 5.41) is 2.80. The molecule has 0 aliphatic carbocycles. The zero-order valence-corrected chi connectivity index (χ0v) is 11.2. The van der Waals surface area contributed by atoms with E-state index in [2.05, 4.69) is 5.32 Å². The van der Waals surface area contributed by atoms with Crippen LogP contribution in [-0.4, -0.2) is 24.7 Å². The minimum atomic E-state index is -4.17. The predicted molar refractivity (Wildman–Crippen MR) is 71.8 cm³/mol.